The van der Waals surface area contributed by atoms with Crippen LogP contribution < -0.4 is 0 Å². The first-order valence-corrected chi connectivity index (χ1v) is 7.86. The van der Waals surface area contributed by atoms with Crippen LogP contribution in [0.1, 0.15) is 13.8 Å². The van der Waals surface area contributed by atoms with Crippen LogP contribution >= 0.6 is 0 Å². The molecule has 21 heavy (non-hydrogen) atoms. The van der Waals surface area contributed by atoms with E-state index in [-0.39, 0.29) is 24.2 Å². The van der Waals surface area contributed by atoms with Crippen LogP contribution in [0.15, 0.2) is 0 Å². The number of morpholine rings is 2. The molecule has 2 fully saturated rings. The quantitative estimate of drug-likeness (QED) is 0.724. The second kappa shape index (κ2) is 7.54. The third-order valence-corrected chi connectivity index (χ3v) is 3.92. The zero-order valence-corrected chi connectivity index (χ0v) is 13.7. The molecule has 2 aliphatic rings. The van der Waals surface area contributed by atoms with Gasteiger partial charge in [-0.3, -0.25) is 9.69 Å². The molecule has 0 aromatic carbocycles. The Morgan fingerprint density at radius 1 is 1.19 bits per heavy atom. The molecule has 0 N–H and O–H groups in total. The first kappa shape index (κ1) is 16.7. The van der Waals surface area contributed by atoms with Crippen molar-refractivity contribution in [3.05, 3.63) is 0 Å². The largest absolute Gasteiger partial charge is 0.374 e. The maximum Gasteiger partial charge on any atom is 0.236 e. The molecule has 0 unspecified atom stereocenters. The zero-order valence-electron chi connectivity index (χ0n) is 13.7. The van der Waals surface area contributed by atoms with Gasteiger partial charge >= 0.3 is 0 Å². The summed E-state index contributed by atoms with van der Waals surface area (Å²) in [6, 6.07) is 0. The molecule has 2 rings (SSSR count). The number of nitrogens with zero attached hydrogens (tertiary/aromatic N) is 3. The molecule has 3 atom stereocenters. The molecule has 1 amide bonds. The van der Waals surface area contributed by atoms with Gasteiger partial charge in [-0.05, 0) is 27.9 Å². The lowest BCUT2D eigenvalue weighted by Gasteiger charge is -2.38. The zero-order chi connectivity index (χ0) is 15.4. The van der Waals surface area contributed by atoms with Crippen molar-refractivity contribution in [1.29, 1.82) is 0 Å². The van der Waals surface area contributed by atoms with Gasteiger partial charge in [-0.1, -0.05) is 0 Å². The molecular weight excluding hydrogens is 270 g/mol. The first-order valence-electron chi connectivity index (χ1n) is 7.86. The Bertz CT molecular complexity index is 341. The van der Waals surface area contributed by atoms with Crippen molar-refractivity contribution < 1.29 is 14.3 Å². The van der Waals surface area contributed by atoms with Gasteiger partial charge in [0.15, 0.2) is 0 Å². The minimum Gasteiger partial charge on any atom is -0.374 e. The molecule has 0 aliphatic carbocycles. The topological polar surface area (TPSA) is 45.2 Å². The highest BCUT2D eigenvalue weighted by Gasteiger charge is 2.28. The molecule has 0 aromatic heterocycles. The van der Waals surface area contributed by atoms with Crippen molar-refractivity contribution in [2.24, 2.45) is 0 Å². The van der Waals surface area contributed by atoms with E-state index in [4.69, 9.17) is 9.47 Å². The van der Waals surface area contributed by atoms with Crippen LogP contribution in [0.25, 0.3) is 0 Å². The van der Waals surface area contributed by atoms with Gasteiger partial charge in [0.2, 0.25) is 5.91 Å². The minimum atomic E-state index is 0.129. The highest BCUT2D eigenvalue weighted by molar-refractivity contribution is 5.78. The number of amides is 1. The molecule has 2 aliphatic heterocycles. The summed E-state index contributed by atoms with van der Waals surface area (Å²) in [5, 5.41) is 0. The first-order chi connectivity index (χ1) is 9.94. The Morgan fingerprint density at radius 3 is 2.48 bits per heavy atom. The van der Waals surface area contributed by atoms with Crippen LogP contribution in [-0.2, 0) is 14.3 Å². The van der Waals surface area contributed by atoms with Crippen LogP contribution in [0.5, 0.6) is 0 Å². The number of rotatable bonds is 4. The van der Waals surface area contributed by atoms with Crippen LogP contribution in [-0.4, -0.2) is 98.9 Å². The van der Waals surface area contributed by atoms with Gasteiger partial charge in [-0.25, -0.2) is 0 Å². The van der Waals surface area contributed by atoms with Crippen molar-refractivity contribution in [3.63, 3.8) is 0 Å². The number of carbonyl (C=O) groups excluding carboxylic acids is 1. The molecule has 2 saturated heterocycles. The van der Waals surface area contributed by atoms with E-state index in [0.717, 1.165) is 19.6 Å². The molecule has 0 bridgehead atoms. The molecule has 6 nitrogen and oxygen atoms in total. The minimum absolute atomic E-state index is 0.129. The van der Waals surface area contributed by atoms with E-state index >= 15 is 0 Å². The number of likely N-dealkylation sites (N-methyl/N-ethyl adjacent to an activating group) is 1. The lowest BCUT2D eigenvalue weighted by molar-refractivity contribution is -0.146. The van der Waals surface area contributed by atoms with Crippen LogP contribution in [0, 0.1) is 0 Å². The Kier molecular flexibility index (Phi) is 5.98. The summed E-state index contributed by atoms with van der Waals surface area (Å²) in [5.41, 5.74) is 0. The number of ether oxygens (including phenoxy) is 2. The Labute approximate surface area is 128 Å². The third-order valence-electron chi connectivity index (χ3n) is 3.92. The standard InChI is InChI=1S/C15H29N3O3/c1-12-7-18(8-13(2)21-12)15(19)11-17-5-6-20-14(10-17)9-16(3)4/h12-14H,5-11H2,1-4H3/t12-,13-,14+/m1/s1. The predicted molar refractivity (Wildman–Crippen MR) is 81.3 cm³/mol. The molecular formula is C15H29N3O3. The van der Waals surface area contributed by atoms with E-state index < -0.39 is 0 Å². The molecule has 0 saturated carbocycles. The summed E-state index contributed by atoms with van der Waals surface area (Å²) in [6.45, 7) is 9.23. The van der Waals surface area contributed by atoms with Crippen LogP contribution in [0.3, 0.4) is 0 Å². The van der Waals surface area contributed by atoms with E-state index in [1.54, 1.807) is 0 Å². The smallest absolute Gasteiger partial charge is 0.236 e. The molecule has 0 radical (unpaired) electrons. The SMILES string of the molecule is C[C@@H]1CN(C(=O)CN2CCO[C@@H](CN(C)C)C2)C[C@@H](C)O1. The molecule has 0 spiro atoms. The van der Waals surface area contributed by atoms with Crippen molar-refractivity contribution in [2.75, 3.05) is 60.0 Å². The Balaban J connectivity index is 1.81. The molecule has 122 valence electrons. The van der Waals surface area contributed by atoms with E-state index in [0.29, 0.717) is 26.2 Å². The maximum absolute atomic E-state index is 12.5. The summed E-state index contributed by atoms with van der Waals surface area (Å²) in [4.78, 5) is 18.7. The lowest BCUT2D eigenvalue weighted by atomic mass is 10.2. The van der Waals surface area contributed by atoms with Crippen molar-refractivity contribution in [2.45, 2.75) is 32.2 Å². The molecule has 2 heterocycles. The van der Waals surface area contributed by atoms with Gasteiger partial charge in [0.1, 0.15) is 0 Å². The van der Waals surface area contributed by atoms with Gasteiger partial charge in [-0.2, -0.15) is 0 Å². The fraction of sp³-hybridized carbons (Fsp3) is 0.933. The average Bonchev–Trinajstić information content (AvgIpc) is 2.37. The summed E-state index contributed by atoms with van der Waals surface area (Å²) < 4.78 is 11.4. The monoisotopic (exact) mass is 299 g/mol. The maximum atomic E-state index is 12.5. The fourth-order valence-electron chi connectivity index (χ4n) is 3.11. The summed E-state index contributed by atoms with van der Waals surface area (Å²) >= 11 is 0. The van der Waals surface area contributed by atoms with Crippen LogP contribution in [0.2, 0.25) is 0 Å². The summed E-state index contributed by atoms with van der Waals surface area (Å²) in [6.07, 6.45) is 0.455. The fourth-order valence-corrected chi connectivity index (χ4v) is 3.11. The highest BCUT2D eigenvalue weighted by atomic mass is 16.5. The number of hydrogen-bond acceptors (Lipinski definition) is 5. The van der Waals surface area contributed by atoms with Crippen LogP contribution in [0.4, 0.5) is 0 Å². The van der Waals surface area contributed by atoms with E-state index in [2.05, 4.69) is 9.80 Å². The van der Waals surface area contributed by atoms with Gasteiger partial charge in [0.05, 0.1) is 31.5 Å². The van der Waals surface area contributed by atoms with E-state index in [1.807, 2.05) is 32.8 Å². The second-order valence-corrected chi connectivity index (χ2v) is 6.55. The predicted octanol–water partition coefficient (Wildman–Crippen LogP) is -0.115. The normalized spacial score (nSPS) is 31.7. The highest BCUT2D eigenvalue weighted by Crippen LogP contribution is 2.12. The third kappa shape index (κ3) is 5.21. The van der Waals surface area contributed by atoms with Gasteiger partial charge in [0, 0.05) is 32.7 Å². The van der Waals surface area contributed by atoms with Crippen molar-refractivity contribution in [1.82, 2.24) is 14.7 Å². The van der Waals surface area contributed by atoms with E-state index in [1.165, 1.54) is 0 Å². The molecule has 6 heteroatoms. The van der Waals surface area contributed by atoms with Gasteiger partial charge in [-0.15, -0.1) is 0 Å². The second-order valence-electron chi connectivity index (χ2n) is 6.55. The Morgan fingerprint density at radius 2 is 1.86 bits per heavy atom. The summed E-state index contributed by atoms with van der Waals surface area (Å²) in [7, 11) is 4.09. The van der Waals surface area contributed by atoms with Gasteiger partial charge in [0.25, 0.3) is 0 Å². The average molecular weight is 299 g/mol. The summed E-state index contributed by atoms with van der Waals surface area (Å²) in [5.74, 6) is 0.211. The van der Waals surface area contributed by atoms with Crippen molar-refractivity contribution in [3.8, 4) is 0 Å². The van der Waals surface area contributed by atoms with E-state index in [9.17, 15) is 4.79 Å². The van der Waals surface area contributed by atoms with Crippen molar-refractivity contribution >= 4 is 5.91 Å². The molecule has 0 aromatic rings. The van der Waals surface area contributed by atoms with Gasteiger partial charge < -0.3 is 19.3 Å². The Hall–Kier alpha value is -0.690. The number of hydrogen-bond donors (Lipinski definition) is 0. The number of carbonyl (C=O) groups is 1. The lowest BCUT2D eigenvalue weighted by Crippen LogP contribution is -2.53.